The van der Waals surface area contributed by atoms with Crippen LogP contribution in [-0.2, 0) is 16.6 Å². The quantitative estimate of drug-likeness (QED) is 0.0852. The Hall–Kier alpha value is -5.21. The van der Waals surface area contributed by atoms with Crippen molar-refractivity contribution in [3.8, 4) is 17.2 Å². The summed E-state index contributed by atoms with van der Waals surface area (Å²) in [5.41, 5.74) is 1.30. The number of hydrogen-bond acceptors (Lipinski definition) is 9. The predicted octanol–water partition coefficient (Wildman–Crippen LogP) is 6.76. The summed E-state index contributed by atoms with van der Waals surface area (Å²) in [4.78, 5) is 40.9. The summed E-state index contributed by atoms with van der Waals surface area (Å²) in [5, 5.41) is 4.06. The van der Waals surface area contributed by atoms with Crippen LogP contribution in [0.3, 0.4) is 0 Å². The van der Waals surface area contributed by atoms with Gasteiger partial charge in [0, 0.05) is 49.7 Å². The molecule has 0 aliphatic heterocycles. The molecule has 0 amide bonds. The van der Waals surface area contributed by atoms with Gasteiger partial charge in [-0.25, -0.2) is 32.3 Å². The summed E-state index contributed by atoms with van der Waals surface area (Å²) in [6.45, 7) is -0.404. The number of benzene rings is 2. The van der Waals surface area contributed by atoms with Crippen LogP contribution in [0.5, 0.6) is 17.2 Å². The van der Waals surface area contributed by atoms with E-state index in [0.29, 0.717) is 39.4 Å². The fourth-order valence-corrected chi connectivity index (χ4v) is 3.91. The van der Waals surface area contributed by atoms with Gasteiger partial charge in [0.1, 0.15) is 21.9 Å². The number of carbonyl (C=O) groups excluding carboxylic acids is 2. The second-order valence-electron chi connectivity index (χ2n) is 9.02. The average Bonchev–Trinajstić information content (AvgIpc) is 3.05. The van der Waals surface area contributed by atoms with Crippen LogP contribution < -0.4 is 20.3 Å². The van der Waals surface area contributed by atoms with E-state index >= 15 is 0 Å². The molecule has 3 heterocycles. The van der Waals surface area contributed by atoms with E-state index in [9.17, 15) is 31.9 Å². The van der Waals surface area contributed by atoms with Gasteiger partial charge in [-0.1, -0.05) is 23.2 Å². The number of nitrogens with one attached hydrogen (secondary N) is 1. The molecule has 0 saturated carbocycles. The maximum absolute atomic E-state index is 13.6. The first-order valence-electron chi connectivity index (χ1n) is 13.1. The lowest BCUT2D eigenvalue weighted by Gasteiger charge is -2.10. The molecule has 0 fully saturated rings. The first-order valence-corrected chi connectivity index (χ1v) is 13.8. The fraction of sp³-hybridized carbons (Fsp3) is 0.129. The van der Waals surface area contributed by atoms with Crippen LogP contribution in [0.1, 0.15) is 10.4 Å². The fourth-order valence-electron chi connectivity index (χ4n) is 3.60. The third-order valence-corrected chi connectivity index (χ3v) is 6.33. The number of aldehydes is 1. The molecule has 246 valence electrons. The largest absolute Gasteiger partial charge is 0.479 e. The van der Waals surface area contributed by atoms with Gasteiger partial charge in [0.2, 0.25) is 0 Å². The van der Waals surface area contributed by atoms with Gasteiger partial charge in [0.15, 0.2) is 41.8 Å². The molecule has 5 aromatic rings. The summed E-state index contributed by atoms with van der Waals surface area (Å²) >= 11 is 11.4. The van der Waals surface area contributed by atoms with Crippen LogP contribution in [0.15, 0.2) is 71.8 Å². The molecule has 47 heavy (non-hydrogen) atoms. The smallest absolute Gasteiger partial charge is 0.343 e. The lowest BCUT2D eigenvalue weighted by molar-refractivity contribution is -0.142. The third kappa shape index (κ3) is 10.1. The Morgan fingerprint density at radius 1 is 0.894 bits per heavy atom. The van der Waals surface area contributed by atoms with Crippen molar-refractivity contribution in [1.82, 2.24) is 14.5 Å². The molecule has 16 heteroatoms. The summed E-state index contributed by atoms with van der Waals surface area (Å²) < 4.78 is 67.4. The van der Waals surface area contributed by atoms with Crippen LogP contribution in [0.2, 0.25) is 10.3 Å². The molecular weight excluding hydrogens is 671 g/mol. The molecule has 0 aliphatic rings. The molecule has 0 radical (unpaired) electrons. The monoisotopic (exact) mass is 694 g/mol. The number of halogens is 6. The SMILES string of the molecule is CNc1cc(Cl)ncc1C=O.COC(=O)COc1ccc(F)cc1F.Cn1c(=O)c(Oc2ccc(F)cc2F)cc2cnc(Cl)cc21. The van der Waals surface area contributed by atoms with Gasteiger partial charge in [-0.3, -0.25) is 9.59 Å². The van der Waals surface area contributed by atoms with E-state index < -0.39 is 41.4 Å². The van der Waals surface area contributed by atoms with E-state index in [4.69, 9.17) is 32.7 Å². The van der Waals surface area contributed by atoms with Gasteiger partial charge < -0.3 is 24.1 Å². The number of aryl methyl sites for hydroxylation is 1. The van der Waals surface area contributed by atoms with E-state index in [1.54, 1.807) is 19.2 Å². The molecule has 5 rings (SSSR count). The maximum Gasteiger partial charge on any atom is 0.343 e. The number of esters is 1. The summed E-state index contributed by atoms with van der Waals surface area (Å²) in [6, 6.07) is 10.2. The van der Waals surface area contributed by atoms with Gasteiger partial charge in [-0.05, 0) is 42.5 Å². The van der Waals surface area contributed by atoms with E-state index in [0.717, 1.165) is 30.6 Å². The molecule has 0 unspecified atom stereocenters. The van der Waals surface area contributed by atoms with Crippen LogP contribution in [0.4, 0.5) is 23.2 Å². The van der Waals surface area contributed by atoms with Crippen molar-refractivity contribution in [3.63, 3.8) is 0 Å². The van der Waals surface area contributed by atoms with Crippen molar-refractivity contribution in [2.24, 2.45) is 7.05 Å². The van der Waals surface area contributed by atoms with Crippen molar-refractivity contribution in [2.45, 2.75) is 0 Å². The number of fused-ring (bicyclic) bond motifs is 1. The number of methoxy groups -OCH3 is 1. The van der Waals surface area contributed by atoms with Gasteiger partial charge in [-0.15, -0.1) is 0 Å². The van der Waals surface area contributed by atoms with Gasteiger partial charge in [0.25, 0.3) is 5.56 Å². The average molecular weight is 695 g/mol. The Kier molecular flexibility index (Phi) is 13.0. The van der Waals surface area contributed by atoms with Crippen LogP contribution >= 0.6 is 23.2 Å². The maximum atomic E-state index is 13.6. The van der Waals surface area contributed by atoms with Crippen molar-refractivity contribution in [3.05, 3.63) is 116 Å². The Morgan fingerprint density at radius 2 is 1.49 bits per heavy atom. The van der Waals surface area contributed by atoms with Crippen LogP contribution in [-0.4, -0.2) is 47.6 Å². The van der Waals surface area contributed by atoms with Crippen LogP contribution in [0, 0.1) is 23.3 Å². The lowest BCUT2D eigenvalue weighted by Crippen LogP contribution is -2.18. The highest BCUT2D eigenvalue weighted by Crippen LogP contribution is 2.26. The highest BCUT2D eigenvalue weighted by molar-refractivity contribution is 6.30. The molecule has 1 N–H and O–H groups in total. The highest BCUT2D eigenvalue weighted by Gasteiger charge is 2.13. The second kappa shape index (κ2) is 16.9. The number of carbonyl (C=O) groups is 2. The molecule has 3 aromatic heterocycles. The minimum atomic E-state index is -0.892. The third-order valence-electron chi connectivity index (χ3n) is 5.92. The molecule has 0 spiro atoms. The number of anilines is 1. The van der Waals surface area contributed by atoms with E-state index in [1.165, 1.54) is 37.2 Å². The second-order valence-corrected chi connectivity index (χ2v) is 9.79. The minimum absolute atomic E-state index is 0.0929. The highest BCUT2D eigenvalue weighted by atomic mass is 35.5. The summed E-state index contributed by atoms with van der Waals surface area (Å²) in [7, 11) is 4.44. The molecule has 0 atom stereocenters. The van der Waals surface area contributed by atoms with E-state index in [1.807, 2.05) is 0 Å². The Labute approximate surface area is 274 Å². The normalized spacial score (nSPS) is 10.1. The topological polar surface area (TPSA) is 122 Å². The number of ether oxygens (including phenoxy) is 3. The van der Waals surface area contributed by atoms with Gasteiger partial charge in [0.05, 0.1) is 18.2 Å². The molecule has 0 bridgehead atoms. The van der Waals surface area contributed by atoms with Crippen molar-refractivity contribution in [1.29, 1.82) is 0 Å². The number of nitrogens with zero attached hydrogens (tertiary/aromatic N) is 3. The van der Waals surface area contributed by atoms with Gasteiger partial charge >= 0.3 is 5.97 Å². The van der Waals surface area contributed by atoms with E-state index in [2.05, 4.69) is 20.0 Å². The zero-order chi connectivity index (χ0) is 34.7. The lowest BCUT2D eigenvalue weighted by atomic mass is 10.2. The summed E-state index contributed by atoms with van der Waals surface area (Å²) in [6.07, 6.45) is 3.64. The standard InChI is InChI=1S/C15H9ClF2N2O2.C9H8F2O3.C7H7ClN2O/c1-20-11-6-14(16)19-7-8(11)4-13(15(20)21)22-12-3-2-9(17)5-10(12)18;1-13-9(12)5-14-8-3-2-6(10)4-7(8)11;1-9-6-2-7(8)10-3-5(6)4-11/h2-7H,1H3;2-4H,5H2,1H3;2-4H,1H3,(H,9,10). The Bertz CT molecular complexity index is 1960. The molecular formula is C31H24Cl2F4N4O6. The zero-order valence-corrected chi connectivity index (χ0v) is 26.2. The van der Waals surface area contributed by atoms with Gasteiger partial charge in [-0.2, -0.15) is 0 Å². The number of rotatable bonds is 7. The predicted molar refractivity (Wildman–Crippen MR) is 166 cm³/mol. The number of hydrogen-bond donors (Lipinski definition) is 1. The van der Waals surface area contributed by atoms with Crippen molar-refractivity contribution >= 4 is 52.0 Å². The Balaban J connectivity index is 0.000000207. The van der Waals surface area contributed by atoms with Crippen LogP contribution in [0.25, 0.3) is 10.9 Å². The molecule has 0 saturated heterocycles. The number of pyridine rings is 3. The molecule has 0 aliphatic carbocycles. The number of aromatic nitrogens is 3. The molecule has 2 aromatic carbocycles. The molecule has 10 nitrogen and oxygen atoms in total. The van der Waals surface area contributed by atoms with E-state index in [-0.39, 0.29) is 22.4 Å². The zero-order valence-electron chi connectivity index (χ0n) is 24.7. The minimum Gasteiger partial charge on any atom is -0.479 e. The first-order chi connectivity index (χ1) is 22.4. The first kappa shape index (κ1) is 36.3. The Morgan fingerprint density at radius 3 is 2.06 bits per heavy atom. The summed E-state index contributed by atoms with van der Waals surface area (Å²) in [5.74, 6) is -4.32. The van der Waals surface area contributed by atoms with Crippen molar-refractivity contribution < 1.29 is 41.4 Å². The van der Waals surface area contributed by atoms with Crippen molar-refractivity contribution in [2.75, 3.05) is 26.1 Å².